The minimum Gasteiger partial charge on any atom is -0.334 e. The van der Waals surface area contributed by atoms with Gasteiger partial charge < -0.3 is 9.42 Å². The van der Waals surface area contributed by atoms with Crippen LogP contribution in [0.2, 0.25) is 0 Å². The Balaban J connectivity index is 0.00000161. The van der Waals surface area contributed by atoms with Gasteiger partial charge in [0.1, 0.15) is 0 Å². The van der Waals surface area contributed by atoms with Crippen molar-refractivity contribution in [3.8, 4) is 11.5 Å². The van der Waals surface area contributed by atoms with Crippen molar-refractivity contribution in [3.05, 3.63) is 34.6 Å². The van der Waals surface area contributed by atoms with Gasteiger partial charge in [0.05, 0.1) is 0 Å². The summed E-state index contributed by atoms with van der Waals surface area (Å²) in [6.07, 6.45) is 4.86. The van der Waals surface area contributed by atoms with Crippen LogP contribution in [0.25, 0.3) is 11.5 Å². The van der Waals surface area contributed by atoms with Crippen LogP contribution in [0.15, 0.2) is 33.3 Å². The van der Waals surface area contributed by atoms with Crippen molar-refractivity contribution in [1.82, 2.24) is 15.0 Å². The Bertz CT molecular complexity index is 552. The molecule has 1 aliphatic rings. The molecule has 1 aromatic carbocycles. The molecule has 21 heavy (non-hydrogen) atoms. The molecule has 4 nitrogen and oxygen atoms in total. The third-order valence-electron chi connectivity index (χ3n) is 3.66. The van der Waals surface area contributed by atoms with E-state index in [1.54, 1.807) is 0 Å². The van der Waals surface area contributed by atoms with Crippen molar-refractivity contribution >= 4 is 28.3 Å². The Morgan fingerprint density at radius 3 is 2.52 bits per heavy atom. The highest BCUT2D eigenvalue weighted by Gasteiger charge is 2.13. The third-order valence-corrected chi connectivity index (χ3v) is 4.19. The third kappa shape index (κ3) is 4.53. The van der Waals surface area contributed by atoms with E-state index < -0.39 is 0 Å². The molecule has 1 fully saturated rings. The molecule has 114 valence electrons. The van der Waals surface area contributed by atoms with E-state index in [1.165, 1.54) is 32.4 Å². The maximum atomic E-state index is 5.34. The summed E-state index contributed by atoms with van der Waals surface area (Å²) >= 11 is 3.42. The summed E-state index contributed by atoms with van der Waals surface area (Å²) in [6, 6.07) is 7.91. The number of aromatic nitrogens is 2. The molecule has 6 heteroatoms. The van der Waals surface area contributed by atoms with Crippen LogP contribution >= 0.6 is 28.3 Å². The van der Waals surface area contributed by atoms with E-state index in [2.05, 4.69) is 31.0 Å². The SMILES string of the molecule is Brc1ccc(-c2nc(CCN3CCCCC3)no2)cc1.Cl. The van der Waals surface area contributed by atoms with Crippen molar-refractivity contribution in [2.24, 2.45) is 0 Å². The summed E-state index contributed by atoms with van der Waals surface area (Å²) in [7, 11) is 0. The van der Waals surface area contributed by atoms with Gasteiger partial charge in [0.15, 0.2) is 5.82 Å². The second-order valence-corrected chi connectivity index (χ2v) is 6.09. The summed E-state index contributed by atoms with van der Waals surface area (Å²) in [5.74, 6) is 1.40. The van der Waals surface area contributed by atoms with E-state index in [-0.39, 0.29) is 12.4 Å². The average Bonchev–Trinajstić information content (AvgIpc) is 2.96. The zero-order valence-corrected chi connectivity index (χ0v) is 14.2. The first-order valence-electron chi connectivity index (χ1n) is 7.12. The molecule has 0 radical (unpaired) electrons. The fourth-order valence-corrected chi connectivity index (χ4v) is 2.77. The van der Waals surface area contributed by atoms with Crippen LogP contribution in [0.3, 0.4) is 0 Å². The number of likely N-dealkylation sites (tertiary alicyclic amines) is 1. The van der Waals surface area contributed by atoms with E-state index in [1.807, 2.05) is 24.3 Å². The summed E-state index contributed by atoms with van der Waals surface area (Å²) in [5.41, 5.74) is 0.963. The maximum Gasteiger partial charge on any atom is 0.257 e. The van der Waals surface area contributed by atoms with Crippen molar-refractivity contribution in [2.45, 2.75) is 25.7 Å². The fourth-order valence-electron chi connectivity index (χ4n) is 2.51. The van der Waals surface area contributed by atoms with E-state index in [0.29, 0.717) is 5.89 Å². The Morgan fingerprint density at radius 1 is 1.10 bits per heavy atom. The van der Waals surface area contributed by atoms with E-state index in [9.17, 15) is 0 Å². The van der Waals surface area contributed by atoms with Crippen LogP contribution in [0, 0.1) is 0 Å². The number of hydrogen-bond donors (Lipinski definition) is 0. The predicted octanol–water partition coefficient (Wildman–Crippen LogP) is 3.95. The monoisotopic (exact) mass is 371 g/mol. The molecule has 0 atom stereocenters. The number of piperidine rings is 1. The van der Waals surface area contributed by atoms with Crippen LogP contribution in [-0.4, -0.2) is 34.7 Å². The standard InChI is InChI=1S/C15H18BrN3O.ClH/c16-13-6-4-12(5-7-13)15-17-14(18-20-15)8-11-19-9-2-1-3-10-19;/h4-7H,1-3,8-11H2;1H. The molecule has 0 N–H and O–H groups in total. The van der Waals surface area contributed by atoms with Gasteiger partial charge in [-0.25, -0.2) is 0 Å². The molecule has 1 aliphatic heterocycles. The van der Waals surface area contributed by atoms with Crippen LogP contribution in [0.5, 0.6) is 0 Å². The number of hydrogen-bond acceptors (Lipinski definition) is 4. The fraction of sp³-hybridized carbons (Fsp3) is 0.467. The van der Waals surface area contributed by atoms with Gasteiger partial charge in [-0.1, -0.05) is 27.5 Å². The highest BCUT2D eigenvalue weighted by Crippen LogP contribution is 2.20. The Kier molecular flexibility index (Phi) is 6.21. The topological polar surface area (TPSA) is 42.2 Å². The van der Waals surface area contributed by atoms with Gasteiger partial charge in [-0.15, -0.1) is 12.4 Å². The summed E-state index contributed by atoms with van der Waals surface area (Å²) in [4.78, 5) is 6.96. The summed E-state index contributed by atoms with van der Waals surface area (Å²) in [5, 5.41) is 4.07. The second kappa shape index (κ2) is 7.92. The molecular weight excluding hydrogens is 354 g/mol. The van der Waals surface area contributed by atoms with E-state index in [0.717, 1.165) is 28.8 Å². The van der Waals surface area contributed by atoms with Gasteiger partial charge in [-0.2, -0.15) is 4.98 Å². The highest BCUT2D eigenvalue weighted by atomic mass is 79.9. The molecule has 0 aliphatic carbocycles. The lowest BCUT2D eigenvalue weighted by atomic mass is 10.1. The zero-order chi connectivity index (χ0) is 13.8. The smallest absolute Gasteiger partial charge is 0.257 e. The van der Waals surface area contributed by atoms with Gasteiger partial charge >= 0.3 is 0 Å². The minimum atomic E-state index is 0. The molecular formula is C15H19BrClN3O. The number of halogens is 2. The van der Waals surface area contributed by atoms with Crippen LogP contribution < -0.4 is 0 Å². The lowest BCUT2D eigenvalue weighted by molar-refractivity contribution is 0.229. The number of rotatable bonds is 4. The lowest BCUT2D eigenvalue weighted by Crippen LogP contribution is -2.31. The van der Waals surface area contributed by atoms with Gasteiger partial charge in [-0.3, -0.25) is 0 Å². The molecule has 0 spiro atoms. The largest absolute Gasteiger partial charge is 0.334 e. The van der Waals surface area contributed by atoms with Crippen molar-refractivity contribution < 1.29 is 4.52 Å². The van der Waals surface area contributed by atoms with Crippen molar-refractivity contribution in [2.75, 3.05) is 19.6 Å². The maximum absolute atomic E-state index is 5.34. The number of nitrogens with zero attached hydrogens (tertiary/aromatic N) is 3. The predicted molar refractivity (Wildman–Crippen MR) is 88.7 cm³/mol. The Hall–Kier alpha value is -0.910. The van der Waals surface area contributed by atoms with E-state index >= 15 is 0 Å². The lowest BCUT2D eigenvalue weighted by Gasteiger charge is -2.25. The minimum absolute atomic E-state index is 0. The van der Waals surface area contributed by atoms with Gasteiger partial charge in [-0.05, 0) is 50.2 Å². The summed E-state index contributed by atoms with van der Waals surface area (Å²) < 4.78 is 6.38. The van der Waals surface area contributed by atoms with Gasteiger partial charge in [0.25, 0.3) is 5.89 Å². The first kappa shape index (κ1) is 16.5. The molecule has 0 unspecified atom stereocenters. The van der Waals surface area contributed by atoms with Gasteiger partial charge in [0, 0.05) is 23.0 Å². The molecule has 0 saturated carbocycles. The van der Waals surface area contributed by atoms with Crippen LogP contribution in [-0.2, 0) is 6.42 Å². The first-order valence-corrected chi connectivity index (χ1v) is 7.91. The first-order chi connectivity index (χ1) is 9.81. The Morgan fingerprint density at radius 2 is 1.81 bits per heavy atom. The molecule has 1 saturated heterocycles. The number of benzene rings is 1. The van der Waals surface area contributed by atoms with Crippen LogP contribution in [0.4, 0.5) is 0 Å². The highest BCUT2D eigenvalue weighted by molar-refractivity contribution is 9.10. The summed E-state index contributed by atoms with van der Waals surface area (Å²) in [6.45, 7) is 3.44. The van der Waals surface area contributed by atoms with Crippen molar-refractivity contribution in [3.63, 3.8) is 0 Å². The average molecular weight is 373 g/mol. The quantitative estimate of drug-likeness (QED) is 0.815. The second-order valence-electron chi connectivity index (χ2n) is 5.17. The van der Waals surface area contributed by atoms with Crippen LogP contribution in [0.1, 0.15) is 25.1 Å². The molecule has 3 rings (SSSR count). The van der Waals surface area contributed by atoms with Crippen molar-refractivity contribution in [1.29, 1.82) is 0 Å². The zero-order valence-electron chi connectivity index (χ0n) is 11.8. The molecule has 2 aromatic rings. The molecule has 0 amide bonds. The molecule has 2 heterocycles. The normalized spacial score (nSPS) is 15.7. The Labute approximate surface area is 139 Å². The van der Waals surface area contributed by atoms with Gasteiger partial charge in [0.2, 0.25) is 0 Å². The molecule has 0 bridgehead atoms. The van der Waals surface area contributed by atoms with E-state index in [4.69, 9.17) is 4.52 Å². The molecule has 1 aromatic heterocycles.